The summed E-state index contributed by atoms with van der Waals surface area (Å²) in [5.74, 6) is 0.935. The minimum atomic E-state index is -0.211. The molecule has 0 bridgehead atoms. The van der Waals surface area contributed by atoms with Crippen molar-refractivity contribution in [2.75, 3.05) is 7.11 Å². The zero-order valence-electron chi connectivity index (χ0n) is 17.0. The molecule has 0 unspecified atom stereocenters. The third-order valence-electron chi connectivity index (χ3n) is 4.53. The summed E-state index contributed by atoms with van der Waals surface area (Å²) in [5.41, 5.74) is 2.37. The summed E-state index contributed by atoms with van der Waals surface area (Å²) in [5, 5.41) is 4.55. The van der Waals surface area contributed by atoms with Crippen molar-refractivity contribution >= 4 is 57.8 Å². The van der Waals surface area contributed by atoms with E-state index in [0.29, 0.717) is 43.9 Å². The van der Waals surface area contributed by atoms with Gasteiger partial charge in [-0.3, -0.25) is 4.79 Å². The molecule has 1 aliphatic heterocycles. The molecule has 32 heavy (non-hydrogen) atoms. The van der Waals surface area contributed by atoms with Crippen LogP contribution in [0.3, 0.4) is 0 Å². The predicted octanol–water partition coefficient (Wildman–Crippen LogP) is 6.47. The lowest BCUT2D eigenvalue weighted by atomic mass is 10.2. The van der Waals surface area contributed by atoms with Gasteiger partial charge in [0.15, 0.2) is 16.7 Å². The molecule has 5 nitrogen and oxygen atoms in total. The fourth-order valence-electron chi connectivity index (χ4n) is 2.93. The third-order valence-corrected chi connectivity index (χ3v) is 6.07. The Bertz CT molecular complexity index is 1210. The Balaban J connectivity index is 1.53. The molecule has 1 fully saturated rings. The van der Waals surface area contributed by atoms with Gasteiger partial charge in [0, 0.05) is 15.6 Å². The minimum absolute atomic E-state index is 0.211. The lowest BCUT2D eigenvalue weighted by Crippen LogP contribution is -2.19. The number of methoxy groups -OCH3 is 1. The Morgan fingerprint density at radius 2 is 1.81 bits per heavy atom. The Morgan fingerprint density at radius 3 is 2.56 bits per heavy atom. The van der Waals surface area contributed by atoms with Gasteiger partial charge < -0.3 is 14.8 Å². The number of nitrogens with zero attached hydrogens (tertiary/aromatic N) is 1. The molecule has 0 radical (unpaired) electrons. The third kappa shape index (κ3) is 5.46. The number of amidine groups is 1. The van der Waals surface area contributed by atoms with E-state index in [1.807, 2.05) is 36.4 Å². The summed E-state index contributed by atoms with van der Waals surface area (Å²) in [6.07, 6.45) is 1.78. The van der Waals surface area contributed by atoms with E-state index in [4.69, 9.17) is 32.7 Å². The molecule has 1 saturated heterocycles. The number of nitrogens with one attached hydrogen (secondary N) is 1. The van der Waals surface area contributed by atoms with E-state index in [-0.39, 0.29) is 5.91 Å². The van der Waals surface area contributed by atoms with Gasteiger partial charge in [-0.25, -0.2) is 4.99 Å². The van der Waals surface area contributed by atoms with Crippen LogP contribution in [0.4, 0.5) is 5.69 Å². The molecule has 0 saturated carbocycles. The molecule has 4 rings (SSSR count). The smallest absolute Gasteiger partial charge is 0.264 e. The summed E-state index contributed by atoms with van der Waals surface area (Å²) in [4.78, 5) is 17.4. The second kappa shape index (κ2) is 10.1. The first-order valence-electron chi connectivity index (χ1n) is 9.61. The normalized spacial score (nSPS) is 15.8. The highest BCUT2D eigenvalue weighted by Gasteiger charge is 2.24. The molecule has 0 aliphatic carbocycles. The number of aliphatic imine (C=N–C) groups is 1. The zero-order chi connectivity index (χ0) is 22.5. The largest absolute Gasteiger partial charge is 0.493 e. The zero-order valence-corrected chi connectivity index (χ0v) is 19.3. The van der Waals surface area contributed by atoms with Crippen LogP contribution in [0.1, 0.15) is 11.1 Å². The molecular weight excluding hydrogens is 467 g/mol. The summed E-state index contributed by atoms with van der Waals surface area (Å²) in [6.45, 7) is 0.295. The molecule has 0 aromatic heterocycles. The van der Waals surface area contributed by atoms with E-state index < -0.39 is 0 Å². The number of benzene rings is 3. The van der Waals surface area contributed by atoms with Crippen LogP contribution in [0.25, 0.3) is 6.08 Å². The van der Waals surface area contributed by atoms with E-state index in [2.05, 4.69) is 10.3 Å². The second-order valence-corrected chi connectivity index (χ2v) is 8.62. The molecular formula is C24H18Cl2N2O3S. The van der Waals surface area contributed by atoms with E-state index in [1.165, 1.54) is 11.8 Å². The van der Waals surface area contributed by atoms with Gasteiger partial charge in [-0.15, -0.1) is 0 Å². The first-order chi connectivity index (χ1) is 15.5. The number of ether oxygens (including phenoxy) is 2. The van der Waals surface area contributed by atoms with Crippen molar-refractivity contribution < 1.29 is 14.3 Å². The number of carbonyl (C=O) groups is 1. The van der Waals surface area contributed by atoms with Gasteiger partial charge in [-0.2, -0.15) is 0 Å². The van der Waals surface area contributed by atoms with Gasteiger partial charge in [0.1, 0.15) is 6.61 Å². The van der Waals surface area contributed by atoms with Crippen molar-refractivity contribution in [3.8, 4) is 11.5 Å². The average molecular weight is 485 g/mol. The number of amides is 1. The Labute approximate surface area is 200 Å². The van der Waals surface area contributed by atoms with Crippen LogP contribution in [-0.2, 0) is 11.4 Å². The van der Waals surface area contributed by atoms with Gasteiger partial charge in [-0.1, -0.05) is 47.5 Å². The fraction of sp³-hybridized carbons (Fsp3) is 0.0833. The van der Waals surface area contributed by atoms with Crippen LogP contribution >= 0.6 is 35.0 Å². The van der Waals surface area contributed by atoms with Crippen LogP contribution < -0.4 is 14.8 Å². The minimum Gasteiger partial charge on any atom is -0.493 e. The van der Waals surface area contributed by atoms with Gasteiger partial charge in [0.25, 0.3) is 5.91 Å². The average Bonchev–Trinajstić information content (AvgIpc) is 3.13. The molecule has 1 amide bonds. The lowest BCUT2D eigenvalue weighted by Gasteiger charge is -2.12. The standard InChI is InChI=1S/C24H18Cl2N2O3S/c1-30-20-11-6-15(12-21(20)31-14-16-4-2-3-5-19(16)26)13-22-23(29)28-24(32-22)27-18-9-7-17(25)8-10-18/h2-13H,14H2,1H3,(H,27,28,29)/b22-13-. The molecule has 8 heteroatoms. The molecule has 1 aliphatic rings. The maximum atomic E-state index is 12.4. The van der Waals surface area contributed by atoms with E-state index in [1.54, 1.807) is 43.5 Å². The van der Waals surface area contributed by atoms with Crippen LogP contribution in [0, 0.1) is 0 Å². The van der Waals surface area contributed by atoms with Crippen LogP contribution in [0.2, 0.25) is 10.0 Å². The van der Waals surface area contributed by atoms with Crippen LogP contribution in [-0.4, -0.2) is 18.2 Å². The number of hydrogen-bond donors (Lipinski definition) is 1. The van der Waals surface area contributed by atoms with Crippen molar-refractivity contribution in [2.24, 2.45) is 4.99 Å². The number of carbonyl (C=O) groups excluding carboxylic acids is 1. The van der Waals surface area contributed by atoms with E-state index >= 15 is 0 Å². The first-order valence-corrected chi connectivity index (χ1v) is 11.2. The number of hydrogen-bond acceptors (Lipinski definition) is 5. The number of thioether (sulfide) groups is 1. The molecule has 1 heterocycles. The molecule has 1 N–H and O–H groups in total. The fourth-order valence-corrected chi connectivity index (χ4v) is 4.09. The lowest BCUT2D eigenvalue weighted by molar-refractivity contribution is -0.115. The Kier molecular flexibility index (Phi) is 7.05. The number of rotatable bonds is 6. The van der Waals surface area contributed by atoms with Gasteiger partial charge in [-0.05, 0) is 65.9 Å². The summed E-state index contributed by atoms with van der Waals surface area (Å²) in [7, 11) is 1.58. The Morgan fingerprint density at radius 1 is 1.03 bits per heavy atom. The predicted molar refractivity (Wildman–Crippen MR) is 131 cm³/mol. The Hall–Kier alpha value is -2.93. The second-order valence-electron chi connectivity index (χ2n) is 6.75. The number of halogens is 2. The topological polar surface area (TPSA) is 59.9 Å². The molecule has 3 aromatic rings. The van der Waals surface area contributed by atoms with Crippen LogP contribution in [0.15, 0.2) is 76.6 Å². The summed E-state index contributed by atoms with van der Waals surface area (Å²) in [6, 6.07) is 20.1. The first kappa shape index (κ1) is 22.3. The monoisotopic (exact) mass is 484 g/mol. The molecule has 0 spiro atoms. The molecule has 162 valence electrons. The highest BCUT2D eigenvalue weighted by Crippen LogP contribution is 2.33. The summed E-state index contributed by atoms with van der Waals surface area (Å²) >= 11 is 13.4. The quantitative estimate of drug-likeness (QED) is 0.407. The highest BCUT2D eigenvalue weighted by atomic mass is 35.5. The molecule has 3 aromatic carbocycles. The SMILES string of the molecule is COc1ccc(/C=C2\SC(=Nc3ccc(Cl)cc3)NC2=O)cc1OCc1ccccc1Cl. The maximum Gasteiger partial charge on any atom is 0.264 e. The van der Waals surface area contributed by atoms with Gasteiger partial charge in [0.2, 0.25) is 0 Å². The van der Waals surface area contributed by atoms with E-state index in [0.717, 1.165) is 11.1 Å². The van der Waals surface area contributed by atoms with Crippen LogP contribution in [0.5, 0.6) is 11.5 Å². The van der Waals surface area contributed by atoms with Crippen molar-refractivity contribution in [3.63, 3.8) is 0 Å². The van der Waals surface area contributed by atoms with E-state index in [9.17, 15) is 4.79 Å². The van der Waals surface area contributed by atoms with Gasteiger partial charge in [0.05, 0.1) is 17.7 Å². The maximum absolute atomic E-state index is 12.4. The molecule has 0 atom stereocenters. The van der Waals surface area contributed by atoms with Crippen molar-refractivity contribution in [1.82, 2.24) is 5.32 Å². The van der Waals surface area contributed by atoms with Crippen molar-refractivity contribution in [3.05, 3.63) is 92.8 Å². The van der Waals surface area contributed by atoms with Crippen molar-refractivity contribution in [2.45, 2.75) is 6.61 Å². The van der Waals surface area contributed by atoms with Crippen molar-refractivity contribution in [1.29, 1.82) is 0 Å². The highest BCUT2D eigenvalue weighted by molar-refractivity contribution is 8.18. The van der Waals surface area contributed by atoms with Gasteiger partial charge >= 0.3 is 0 Å². The summed E-state index contributed by atoms with van der Waals surface area (Å²) < 4.78 is 11.4.